The van der Waals surface area contributed by atoms with Gasteiger partial charge in [0.1, 0.15) is 0 Å². The van der Waals surface area contributed by atoms with E-state index in [1.807, 2.05) is 0 Å². The number of nitrogens with zero attached hydrogens (tertiary/aromatic N) is 1. The Labute approximate surface area is 112 Å². The quantitative estimate of drug-likeness (QED) is 0.786. The lowest BCUT2D eigenvalue weighted by Gasteiger charge is -2.21. The van der Waals surface area contributed by atoms with Gasteiger partial charge in [0.2, 0.25) is 5.91 Å². The summed E-state index contributed by atoms with van der Waals surface area (Å²) in [5, 5.41) is 8.76. The summed E-state index contributed by atoms with van der Waals surface area (Å²) in [6.07, 6.45) is -2.58. The number of thiazole rings is 1. The Balaban J connectivity index is 2.72. The molecular weight excluding hydrogens is 282 g/mol. The predicted molar refractivity (Wildman–Crippen MR) is 67.6 cm³/mol. The van der Waals surface area contributed by atoms with Gasteiger partial charge in [-0.3, -0.25) is 4.79 Å². The molecule has 0 unspecified atom stereocenters. The molecule has 1 aromatic heterocycles. The molecule has 0 fully saturated rings. The van der Waals surface area contributed by atoms with Crippen molar-refractivity contribution in [3.05, 3.63) is 14.5 Å². The lowest BCUT2D eigenvalue weighted by Crippen LogP contribution is -2.38. The van der Waals surface area contributed by atoms with Crippen LogP contribution in [0, 0.1) is 10.9 Å². The molecule has 0 aliphatic heterocycles. The fraction of sp³-hybridized carbons (Fsp3) is 0.600. The lowest BCUT2D eigenvalue weighted by molar-refractivity contribution is -0.132. The predicted octanol–water partition coefficient (Wildman–Crippen LogP) is 1.74. The first-order chi connectivity index (χ1) is 8.43. The Bertz CT molecular complexity index is 459. The van der Waals surface area contributed by atoms with Crippen molar-refractivity contribution < 1.29 is 18.7 Å². The van der Waals surface area contributed by atoms with Crippen LogP contribution in [0.4, 0.5) is 8.78 Å². The fourth-order valence-electron chi connectivity index (χ4n) is 1.46. The van der Waals surface area contributed by atoms with Crippen LogP contribution in [-0.2, 0) is 11.2 Å². The first kappa shape index (κ1) is 15.2. The number of aryl methyl sites for hydroxylation is 1. The van der Waals surface area contributed by atoms with Gasteiger partial charge in [0.25, 0.3) is 6.43 Å². The molecule has 1 rings (SSSR count). The number of alkyl halides is 2. The second kappa shape index (κ2) is 6.91. The average molecular weight is 296 g/mol. The topological polar surface area (TPSA) is 56.3 Å². The van der Waals surface area contributed by atoms with Crippen LogP contribution in [0.3, 0.4) is 0 Å². The molecule has 0 bridgehead atoms. The molecule has 0 aliphatic carbocycles. The Kier molecular flexibility index (Phi) is 5.83. The second-order valence-corrected chi connectivity index (χ2v) is 5.47. The lowest BCUT2D eigenvalue weighted by atomic mass is 10.2. The molecule has 0 atom stereocenters. The SMILES string of the molecule is Cc1[nH]c(=S)sc1CC(=O)N(CCO)CC(F)F. The summed E-state index contributed by atoms with van der Waals surface area (Å²) in [7, 11) is 0. The van der Waals surface area contributed by atoms with Crippen LogP contribution in [0.5, 0.6) is 0 Å². The normalized spacial score (nSPS) is 10.9. The minimum atomic E-state index is -2.61. The number of H-pyrrole nitrogens is 1. The molecule has 1 aromatic rings. The van der Waals surface area contributed by atoms with Gasteiger partial charge in [0.05, 0.1) is 19.6 Å². The number of rotatable bonds is 6. The smallest absolute Gasteiger partial charge is 0.255 e. The molecular formula is C10H14F2N2O2S2. The van der Waals surface area contributed by atoms with E-state index in [-0.39, 0.29) is 19.6 Å². The maximum Gasteiger partial charge on any atom is 0.255 e. The van der Waals surface area contributed by atoms with Crippen LogP contribution in [0.1, 0.15) is 10.6 Å². The van der Waals surface area contributed by atoms with Gasteiger partial charge in [-0.25, -0.2) is 8.78 Å². The van der Waals surface area contributed by atoms with E-state index in [2.05, 4.69) is 4.98 Å². The third-order valence-corrected chi connectivity index (χ3v) is 3.65. The number of nitrogens with one attached hydrogen (secondary N) is 1. The zero-order valence-electron chi connectivity index (χ0n) is 9.78. The molecule has 18 heavy (non-hydrogen) atoms. The van der Waals surface area contributed by atoms with Crippen molar-refractivity contribution in [2.24, 2.45) is 0 Å². The summed E-state index contributed by atoms with van der Waals surface area (Å²) in [5.41, 5.74) is 0.777. The van der Waals surface area contributed by atoms with Gasteiger partial charge in [0.15, 0.2) is 3.95 Å². The molecule has 1 heterocycles. The van der Waals surface area contributed by atoms with Crippen molar-refractivity contribution in [2.45, 2.75) is 19.8 Å². The third kappa shape index (κ3) is 4.43. The van der Waals surface area contributed by atoms with Crippen LogP contribution >= 0.6 is 23.6 Å². The molecule has 102 valence electrons. The van der Waals surface area contributed by atoms with Gasteiger partial charge < -0.3 is 15.0 Å². The van der Waals surface area contributed by atoms with E-state index >= 15 is 0 Å². The number of halogens is 2. The first-order valence-corrected chi connectivity index (χ1v) is 6.52. The van der Waals surface area contributed by atoms with E-state index in [4.69, 9.17) is 17.3 Å². The monoisotopic (exact) mass is 296 g/mol. The van der Waals surface area contributed by atoms with Crippen molar-refractivity contribution in [2.75, 3.05) is 19.7 Å². The molecule has 0 spiro atoms. The summed E-state index contributed by atoms with van der Waals surface area (Å²) in [6.45, 7) is 0.699. The Hall–Kier alpha value is -0.860. The highest BCUT2D eigenvalue weighted by molar-refractivity contribution is 7.73. The van der Waals surface area contributed by atoms with Crippen molar-refractivity contribution >= 4 is 29.5 Å². The van der Waals surface area contributed by atoms with Gasteiger partial charge >= 0.3 is 0 Å². The Morgan fingerprint density at radius 3 is 2.72 bits per heavy atom. The summed E-state index contributed by atoms with van der Waals surface area (Å²) in [5.74, 6) is -0.433. The molecule has 4 nitrogen and oxygen atoms in total. The van der Waals surface area contributed by atoms with E-state index in [9.17, 15) is 13.6 Å². The molecule has 1 amide bonds. The third-order valence-electron chi connectivity index (χ3n) is 2.32. The largest absolute Gasteiger partial charge is 0.395 e. The second-order valence-electron chi connectivity index (χ2n) is 3.69. The number of hydrogen-bond donors (Lipinski definition) is 2. The summed E-state index contributed by atoms with van der Waals surface area (Å²) in [4.78, 5) is 16.4. The summed E-state index contributed by atoms with van der Waals surface area (Å²) in [6, 6.07) is 0. The van der Waals surface area contributed by atoms with E-state index in [1.165, 1.54) is 11.3 Å². The van der Waals surface area contributed by atoms with Crippen LogP contribution in [0.25, 0.3) is 0 Å². The molecule has 0 saturated heterocycles. The number of hydrogen-bond acceptors (Lipinski definition) is 4. The highest BCUT2D eigenvalue weighted by Gasteiger charge is 2.19. The number of aromatic nitrogens is 1. The van der Waals surface area contributed by atoms with E-state index in [0.717, 1.165) is 15.5 Å². The molecule has 0 radical (unpaired) electrons. The van der Waals surface area contributed by atoms with Crippen molar-refractivity contribution in [3.63, 3.8) is 0 Å². The Morgan fingerprint density at radius 2 is 2.28 bits per heavy atom. The van der Waals surface area contributed by atoms with E-state index < -0.39 is 18.9 Å². The van der Waals surface area contributed by atoms with Crippen LogP contribution < -0.4 is 0 Å². The van der Waals surface area contributed by atoms with Gasteiger partial charge in [0, 0.05) is 17.1 Å². The summed E-state index contributed by atoms with van der Waals surface area (Å²) < 4.78 is 25.1. The van der Waals surface area contributed by atoms with E-state index in [0.29, 0.717) is 3.95 Å². The number of aromatic amines is 1. The Morgan fingerprint density at radius 1 is 1.61 bits per heavy atom. The highest BCUT2D eigenvalue weighted by atomic mass is 32.1. The number of amides is 1. The number of aliphatic hydroxyl groups excluding tert-OH is 1. The van der Waals surface area contributed by atoms with Crippen LogP contribution in [0.15, 0.2) is 0 Å². The highest BCUT2D eigenvalue weighted by Crippen LogP contribution is 2.16. The van der Waals surface area contributed by atoms with Crippen molar-refractivity contribution in [1.29, 1.82) is 0 Å². The van der Waals surface area contributed by atoms with Gasteiger partial charge in [-0.05, 0) is 19.1 Å². The maximum atomic E-state index is 12.3. The molecule has 0 saturated carbocycles. The number of carbonyl (C=O) groups excluding carboxylic acids is 1. The van der Waals surface area contributed by atoms with Crippen molar-refractivity contribution in [1.82, 2.24) is 9.88 Å². The fourth-order valence-corrected chi connectivity index (χ4v) is 2.74. The number of aliphatic hydroxyl groups is 1. The van der Waals surface area contributed by atoms with Crippen LogP contribution in [-0.4, -0.2) is 47.0 Å². The first-order valence-electron chi connectivity index (χ1n) is 5.29. The van der Waals surface area contributed by atoms with E-state index in [1.54, 1.807) is 6.92 Å². The summed E-state index contributed by atoms with van der Waals surface area (Å²) >= 11 is 6.20. The number of carbonyl (C=O) groups is 1. The maximum absolute atomic E-state index is 12.3. The van der Waals surface area contributed by atoms with Gasteiger partial charge in [-0.1, -0.05) is 0 Å². The minimum Gasteiger partial charge on any atom is -0.395 e. The average Bonchev–Trinajstić information content (AvgIpc) is 2.56. The molecule has 8 heteroatoms. The van der Waals surface area contributed by atoms with Gasteiger partial charge in [-0.2, -0.15) is 0 Å². The molecule has 0 aromatic carbocycles. The standard InChI is InChI=1S/C10H14F2N2O2S2/c1-6-7(18-10(17)13-6)4-9(16)14(2-3-15)5-8(11)12/h8,15H,2-5H2,1H3,(H,13,17). The molecule has 0 aliphatic rings. The molecule has 2 N–H and O–H groups in total. The van der Waals surface area contributed by atoms with Crippen molar-refractivity contribution in [3.8, 4) is 0 Å². The minimum absolute atomic E-state index is 0.0242. The zero-order chi connectivity index (χ0) is 13.7. The zero-order valence-corrected chi connectivity index (χ0v) is 11.4. The van der Waals surface area contributed by atoms with Crippen LogP contribution in [0.2, 0.25) is 0 Å². The van der Waals surface area contributed by atoms with Gasteiger partial charge in [-0.15, -0.1) is 11.3 Å².